The van der Waals surface area contributed by atoms with Crippen LogP contribution in [-0.4, -0.2) is 56.9 Å². The Morgan fingerprint density at radius 3 is 2.90 bits per heavy atom. The number of sulfonamides is 1. The Kier molecular flexibility index (Phi) is 4.09. The highest BCUT2D eigenvalue weighted by Gasteiger charge is 2.36. The lowest BCUT2D eigenvalue weighted by Gasteiger charge is -2.20. The third-order valence-electron chi connectivity index (χ3n) is 4.52. The second-order valence-electron chi connectivity index (χ2n) is 6.03. The average molecular weight is 313 g/mol. The number of furan rings is 1. The number of rotatable bonds is 5. The zero-order chi connectivity index (χ0) is 15.0. The van der Waals surface area contributed by atoms with Gasteiger partial charge < -0.3 is 9.73 Å². The zero-order valence-electron chi connectivity index (χ0n) is 12.6. The summed E-state index contributed by atoms with van der Waals surface area (Å²) < 4.78 is 30.6. The van der Waals surface area contributed by atoms with E-state index in [1.54, 1.807) is 6.07 Å². The molecule has 3 heterocycles. The number of nitrogens with zero attached hydrogens (tertiary/aromatic N) is 2. The van der Waals surface area contributed by atoms with Gasteiger partial charge in [-0.05, 0) is 37.9 Å². The van der Waals surface area contributed by atoms with Crippen LogP contribution in [0.25, 0.3) is 0 Å². The van der Waals surface area contributed by atoms with Crippen molar-refractivity contribution in [2.45, 2.75) is 43.0 Å². The molecule has 2 aliphatic heterocycles. The van der Waals surface area contributed by atoms with E-state index in [2.05, 4.69) is 10.2 Å². The topological polar surface area (TPSA) is 65.8 Å². The van der Waals surface area contributed by atoms with Gasteiger partial charge in [-0.25, -0.2) is 12.7 Å². The molecule has 0 spiro atoms. The summed E-state index contributed by atoms with van der Waals surface area (Å²) in [4.78, 5) is 2.54. The molecule has 1 N–H and O–H groups in total. The van der Waals surface area contributed by atoms with E-state index in [0.717, 1.165) is 10.7 Å². The standard InChI is InChI=1S/C14H23N3O3S/c1-16(2)21(18,19)14-6-5-11(20-14)10-15-12-7-9-17-8-3-4-13(12)17/h5-6,12-13,15H,3-4,7-10H2,1-2H3. The molecule has 0 amide bonds. The molecule has 0 aliphatic carbocycles. The summed E-state index contributed by atoms with van der Waals surface area (Å²) in [6.45, 7) is 2.97. The summed E-state index contributed by atoms with van der Waals surface area (Å²) in [7, 11) is -0.471. The fraction of sp³-hybridized carbons (Fsp3) is 0.714. The van der Waals surface area contributed by atoms with Crippen molar-refractivity contribution < 1.29 is 12.8 Å². The molecule has 6 nitrogen and oxygen atoms in total. The predicted molar refractivity (Wildman–Crippen MR) is 79.4 cm³/mol. The molecule has 2 atom stereocenters. The van der Waals surface area contributed by atoms with Gasteiger partial charge in [-0.2, -0.15) is 0 Å². The van der Waals surface area contributed by atoms with Gasteiger partial charge in [0.25, 0.3) is 10.0 Å². The highest BCUT2D eigenvalue weighted by Crippen LogP contribution is 2.28. The van der Waals surface area contributed by atoms with Crippen molar-refractivity contribution in [3.05, 3.63) is 17.9 Å². The lowest BCUT2D eigenvalue weighted by atomic mass is 10.1. The summed E-state index contributed by atoms with van der Waals surface area (Å²) in [6.07, 6.45) is 3.71. The van der Waals surface area contributed by atoms with Crippen LogP contribution in [-0.2, 0) is 16.6 Å². The fourth-order valence-electron chi connectivity index (χ4n) is 3.32. The first-order valence-corrected chi connectivity index (χ1v) is 8.91. The second-order valence-corrected chi connectivity index (χ2v) is 8.11. The van der Waals surface area contributed by atoms with Gasteiger partial charge in [0.2, 0.25) is 5.09 Å². The van der Waals surface area contributed by atoms with Crippen LogP contribution in [0.3, 0.4) is 0 Å². The van der Waals surface area contributed by atoms with Crippen LogP contribution in [0.15, 0.2) is 21.6 Å². The van der Waals surface area contributed by atoms with Crippen molar-refractivity contribution in [3.63, 3.8) is 0 Å². The van der Waals surface area contributed by atoms with E-state index < -0.39 is 10.0 Å². The van der Waals surface area contributed by atoms with Gasteiger partial charge in [-0.15, -0.1) is 0 Å². The minimum Gasteiger partial charge on any atom is -0.447 e. The molecule has 0 saturated carbocycles. The van der Waals surface area contributed by atoms with Gasteiger partial charge in [0.15, 0.2) is 0 Å². The van der Waals surface area contributed by atoms with Gasteiger partial charge in [0, 0.05) is 32.7 Å². The molecule has 0 bridgehead atoms. The SMILES string of the molecule is CN(C)S(=O)(=O)c1ccc(CNC2CCN3CCCC23)o1. The maximum absolute atomic E-state index is 12.0. The number of hydrogen-bond donors (Lipinski definition) is 1. The second kappa shape index (κ2) is 5.72. The molecule has 21 heavy (non-hydrogen) atoms. The Morgan fingerprint density at radius 1 is 1.33 bits per heavy atom. The molecule has 0 radical (unpaired) electrons. The van der Waals surface area contributed by atoms with Crippen molar-refractivity contribution in [1.29, 1.82) is 0 Å². The van der Waals surface area contributed by atoms with E-state index in [1.807, 2.05) is 0 Å². The van der Waals surface area contributed by atoms with Crippen LogP contribution in [0.1, 0.15) is 25.0 Å². The first-order chi connectivity index (χ1) is 9.98. The number of hydrogen-bond acceptors (Lipinski definition) is 5. The van der Waals surface area contributed by atoms with Gasteiger partial charge in [-0.3, -0.25) is 4.90 Å². The molecule has 1 aromatic rings. The first-order valence-electron chi connectivity index (χ1n) is 7.47. The maximum Gasteiger partial charge on any atom is 0.275 e. The molecule has 2 saturated heterocycles. The molecular formula is C14H23N3O3S. The van der Waals surface area contributed by atoms with Crippen molar-refractivity contribution in [2.24, 2.45) is 0 Å². The van der Waals surface area contributed by atoms with Crippen LogP contribution in [0, 0.1) is 0 Å². The van der Waals surface area contributed by atoms with Gasteiger partial charge in [-0.1, -0.05) is 0 Å². The van der Waals surface area contributed by atoms with Crippen LogP contribution < -0.4 is 5.32 Å². The number of nitrogens with one attached hydrogen (secondary N) is 1. The molecule has 7 heteroatoms. The van der Waals surface area contributed by atoms with Crippen LogP contribution in [0.5, 0.6) is 0 Å². The summed E-state index contributed by atoms with van der Waals surface area (Å²) in [5, 5.41) is 3.53. The highest BCUT2D eigenvalue weighted by molar-refractivity contribution is 7.88. The van der Waals surface area contributed by atoms with E-state index in [-0.39, 0.29) is 5.09 Å². The molecule has 3 rings (SSSR count). The monoisotopic (exact) mass is 313 g/mol. The molecule has 2 unspecified atom stereocenters. The lowest BCUT2D eigenvalue weighted by Crippen LogP contribution is -2.38. The van der Waals surface area contributed by atoms with Crippen LogP contribution in [0.2, 0.25) is 0 Å². The number of fused-ring (bicyclic) bond motifs is 1. The van der Waals surface area contributed by atoms with E-state index in [0.29, 0.717) is 24.4 Å². The van der Waals surface area contributed by atoms with Gasteiger partial charge >= 0.3 is 0 Å². The summed E-state index contributed by atoms with van der Waals surface area (Å²) >= 11 is 0. The van der Waals surface area contributed by atoms with Crippen molar-refractivity contribution in [2.75, 3.05) is 27.2 Å². The highest BCUT2D eigenvalue weighted by atomic mass is 32.2. The Hall–Kier alpha value is -0.890. The van der Waals surface area contributed by atoms with Crippen molar-refractivity contribution in [3.8, 4) is 0 Å². The summed E-state index contributed by atoms with van der Waals surface area (Å²) in [5.41, 5.74) is 0. The molecule has 0 aromatic carbocycles. The largest absolute Gasteiger partial charge is 0.447 e. The minimum absolute atomic E-state index is 0.0122. The first kappa shape index (κ1) is 15.0. The fourth-order valence-corrected chi connectivity index (χ4v) is 4.14. The molecule has 2 aliphatic rings. The normalized spacial score (nSPS) is 26.6. The van der Waals surface area contributed by atoms with Gasteiger partial charge in [0.05, 0.1) is 6.54 Å². The smallest absolute Gasteiger partial charge is 0.275 e. The Bertz CT molecular complexity index is 596. The van der Waals surface area contributed by atoms with E-state index in [4.69, 9.17) is 4.42 Å². The van der Waals surface area contributed by atoms with E-state index in [1.165, 1.54) is 46.1 Å². The average Bonchev–Trinajstić information content (AvgIpc) is 3.13. The van der Waals surface area contributed by atoms with Crippen LogP contribution >= 0.6 is 0 Å². The molecule has 118 valence electrons. The zero-order valence-corrected chi connectivity index (χ0v) is 13.4. The van der Waals surface area contributed by atoms with E-state index in [9.17, 15) is 8.42 Å². The minimum atomic E-state index is -3.48. The Morgan fingerprint density at radius 2 is 2.14 bits per heavy atom. The van der Waals surface area contributed by atoms with Crippen molar-refractivity contribution in [1.82, 2.24) is 14.5 Å². The Balaban J connectivity index is 1.61. The van der Waals surface area contributed by atoms with Gasteiger partial charge in [0.1, 0.15) is 5.76 Å². The van der Waals surface area contributed by atoms with Crippen LogP contribution in [0.4, 0.5) is 0 Å². The predicted octanol–water partition coefficient (Wildman–Crippen LogP) is 0.856. The molecule has 1 aromatic heterocycles. The molecule has 2 fully saturated rings. The lowest BCUT2D eigenvalue weighted by molar-refractivity contribution is 0.293. The maximum atomic E-state index is 12.0. The summed E-state index contributed by atoms with van der Waals surface area (Å²) in [6, 6.07) is 4.41. The van der Waals surface area contributed by atoms with Crippen molar-refractivity contribution >= 4 is 10.0 Å². The third kappa shape index (κ3) is 2.88. The van der Waals surface area contributed by atoms with E-state index >= 15 is 0 Å². The molecular weight excluding hydrogens is 290 g/mol. The third-order valence-corrected chi connectivity index (χ3v) is 6.21. The summed E-state index contributed by atoms with van der Waals surface area (Å²) in [5.74, 6) is 0.673. The Labute approximate surface area is 126 Å². The quantitative estimate of drug-likeness (QED) is 0.873.